The predicted molar refractivity (Wildman–Crippen MR) is 77.0 cm³/mol. The summed E-state index contributed by atoms with van der Waals surface area (Å²) < 4.78 is 31.6. The van der Waals surface area contributed by atoms with E-state index in [0.717, 1.165) is 6.07 Å². The van der Waals surface area contributed by atoms with E-state index in [1.807, 2.05) is 0 Å². The fraction of sp³-hybridized carbons (Fsp3) is 0.0769. The summed E-state index contributed by atoms with van der Waals surface area (Å²) in [5.74, 6) is 0.0685. The second-order valence-corrected chi connectivity index (χ2v) is 5.62. The summed E-state index contributed by atoms with van der Waals surface area (Å²) in [5.41, 5.74) is 6.33. The number of nitrogen functional groups attached to an aromatic ring is 1. The van der Waals surface area contributed by atoms with Crippen molar-refractivity contribution in [3.63, 3.8) is 0 Å². The maximum atomic E-state index is 11.2. The van der Waals surface area contributed by atoms with Crippen LogP contribution < -0.4 is 5.73 Å². The van der Waals surface area contributed by atoms with Crippen molar-refractivity contribution < 1.29 is 18.1 Å². The zero-order valence-electron chi connectivity index (χ0n) is 10.8. The molecule has 0 bridgehead atoms. The standard InChI is InChI=1S/C13H13N3O4S/c14-10-5-6-13(21(18,19)20)11(7-10)16-15-8-9-3-1-2-4-12(9)17/h1-7,17H,8,14H2,(H,18,19,20). The highest BCUT2D eigenvalue weighted by atomic mass is 32.2. The third kappa shape index (κ3) is 3.77. The Morgan fingerprint density at radius 1 is 1.14 bits per heavy atom. The molecule has 0 heterocycles. The van der Waals surface area contributed by atoms with Gasteiger partial charge in [-0.3, -0.25) is 4.55 Å². The van der Waals surface area contributed by atoms with E-state index in [4.69, 9.17) is 10.3 Å². The van der Waals surface area contributed by atoms with Gasteiger partial charge in [0.05, 0.1) is 6.54 Å². The first-order chi connectivity index (χ1) is 9.88. The number of rotatable bonds is 4. The van der Waals surface area contributed by atoms with E-state index >= 15 is 0 Å². The molecule has 0 saturated carbocycles. The number of aromatic hydroxyl groups is 1. The summed E-state index contributed by atoms with van der Waals surface area (Å²) in [7, 11) is -4.41. The van der Waals surface area contributed by atoms with Gasteiger partial charge in [0.2, 0.25) is 0 Å². The molecule has 0 aliphatic carbocycles. The maximum absolute atomic E-state index is 11.2. The lowest BCUT2D eigenvalue weighted by molar-refractivity contribution is 0.468. The van der Waals surface area contributed by atoms with Crippen LogP contribution in [-0.4, -0.2) is 18.1 Å². The van der Waals surface area contributed by atoms with Crippen LogP contribution in [0.4, 0.5) is 11.4 Å². The minimum Gasteiger partial charge on any atom is -0.508 e. The van der Waals surface area contributed by atoms with Gasteiger partial charge in [0, 0.05) is 11.3 Å². The van der Waals surface area contributed by atoms with Crippen molar-refractivity contribution in [3.8, 4) is 5.75 Å². The molecule has 0 amide bonds. The van der Waals surface area contributed by atoms with E-state index in [1.54, 1.807) is 18.2 Å². The van der Waals surface area contributed by atoms with Crippen LogP contribution in [0.15, 0.2) is 57.6 Å². The molecule has 2 aromatic carbocycles. The van der Waals surface area contributed by atoms with Crippen molar-refractivity contribution >= 4 is 21.5 Å². The van der Waals surface area contributed by atoms with E-state index in [1.165, 1.54) is 18.2 Å². The van der Waals surface area contributed by atoms with E-state index < -0.39 is 10.1 Å². The SMILES string of the molecule is Nc1ccc(S(=O)(=O)O)c(N=NCc2ccccc2O)c1. The summed E-state index contributed by atoms with van der Waals surface area (Å²) in [6.45, 7) is 0.0619. The number of hydrogen-bond donors (Lipinski definition) is 3. The Kier molecular flexibility index (Phi) is 4.20. The minimum absolute atomic E-state index is 0.0619. The number of para-hydroxylation sites is 1. The lowest BCUT2D eigenvalue weighted by Crippen LogP contribution is -1.99. The van der Waals surface area contributed by atoms with Crippen LogP contribution in [0.1, 0.15) is 5.56 Å². The zero-order valence-corrected chi connectivity index (χ0v) is 11.7. The highest BCUT2D eigenvalue weighted by molar-refractivity contribution is 7.86. The van der Waals surface area contributed by atoms with Gasteiger partial charge in [0.25, 0.3) is 10.1 Å². The highest BCUT2D eigenvalue weighted by Crippen LogP contribution is 2.27. The monoisotopic (exact) mass is 307 g/mol. The summed E-state index contributed by atoms with van der Waals surface area (Å²) >= 11 is 0. The second kappa shape index (κ2) is 5.90. The minimum atomic E-state index is -4.41. The van der Waals surface area contributed by atoms with Crippen LogP contribution in [-0.2, 0) is 16.7 Å². The van der Waals surface area contributed by atoms with Crippen molar-refractivity contribution in [3.05, 3.63) is 48.0 Å². The Hall–Kier alpha value is -2.45. The smallest absolute Gasteiger partial charge is 0.296 e. The molecule has 2 aromatic rings. The van der Waals surface area contributed by atoms with Crippen LogP contribution in [0, 0.1) is 0 Å². The molecule has 0 unspecified atom stereocenters. The lowest BCUT2D eigenvalue weighted by Gasteiger charge is -2.03. The molecule has 0 saturated heterocycles. The summed E-state index contributed by atoms with van der Waals surface area (Å²) in [6.07, 6.45) is 0. The molecule has 0 fully saturated rings. The molecular weight excluding hydrogens is 294 g/mol. The molecule has 2 rings (SSSR count). The third-order valence-corrected chi connectivity index (χ3v) is 3.57. The Morgan fingerprint density at radius 2 is 1.86 bits per heavy atom. The fourth-order valence-electron chi connectivity index (χ4n) is 1.66. The molecule has 8 heteroatoms. The Labute approximate surface area is 121 Å². The van der Waals surface area contributed by atoms with Crippen LogP contribution in [0.2, 0.25) is 0 Å². The molecule has 110 valence electrons. The van der Waals surface area contributed by atoms with E-state index in [2.05, 4.69) is 10.2 Å². The van der Waals surface area contributed by atoms with Crippen LogP contribution >= 0.6 is 0 Å². The lowest BCUT2D eigenvalue weighted by atomic mass is 10.2. The molecule has 0 spiro atoms. The van der Waals surface area contributed by atoms with Gasteiger partial charge in [-0.15, -0.1) is 0 Å². The van der Waals surface area contributed by atoms with Crippen molar-refractivity contribution in [1.82, 2.24) is 0 Å². The number of phenols is 1. The molecule has 0 aliphatic heterocycles. The molecule has 21 heavy (non-hydrogen) atoms. The van der Waals surface area contributed by atoms with Crippen molar-refractivity contribution in [1.29, 1.82) is 0 Å². The number of hydrogen-bond acceptors (Lipinski definition) is 6. The number of phenolic OH excluding ortho intramolecular Hbond substituents is 1. The maximum Gasteiger partial charge on any atom is 0.296 e. The first-order valence-corrected chi connectivity index (χ1v) is 7.33. The number of nitrogens with two attached hydrogens (primary N) is 1. The number of benzene rings is 2. The molecule has 0 atom stereocenters. The molecule has 0 aliphatic rings. The second-order valence-electron chi connectivity index (χ2n) is 4.23. The third-order valence-electron chi connectivity index (χ3n) is 2.67. The van der Waals surface area contributed by atoms with Crippen LogP contribution in [0.25, 0.3) is 0 Å². The number of azo groups is 1. The van der Waals surface area contributed by atoms with Crippen molar-refractivity contribution in [2.24, 2.45) is 10.2 Å². The van der Waals surface area contributed by atoms with Gasteiger partial charge in [-0.05, 0) is 24.3 Å². The Balaban J connectivity index is 2.29. The molecule has 4 N–H and O–H groups in total. The highest BCUT2D eigenvalue weighted by Gasteiger charge is 2.15. The zero-order chi connectivity index (χ0) is 15.5. The first kappa shape index (κ1) is 14.9. The van der Waals surface area contributed by atoms with Gasteiger partial charge in [-0.25, -0.2) is 0 Å². The van der Waals surface area contributed by atoms with Gasteiger partial charge >= 0.3 is 0 Å². The molecule has 0 aromatic heterocycles. The van der Waals surface area contributed by atoms with Crippen molar-refractivity contribution in [2.45, 2.75) is 11.4 Å². The van der Waals surface area contributed by atoms with Gasteiger partial charge < -0.3 is 10.8 Å². The van der Waals surface area contributed by atoms with Gasteiger partial charge in [0.15, 0.2) is 0 Å². The Morgan fingerprint density at radius 3 is 2.52 bits per heavy atom. The predicted octanol–water partition coefficient (Wildman–Crippen LogP) is 2.51. The number of anilines is 1. The largest absolute Gasteiger partial charge is 0.508 e. The fourth-order valence-corrected chi connectivity index (χ4v) is 2.27. The summed E-state index contributed by atoms with van der Waals surface area (Å²) in [5, 5.41) is 17.2. The van der Waals surface area contributed by atoms with Crippen LogP contribution in [0.5, 0.6) is 5.75 Å². The van der Waals surface area contributed by atoms with E-state index in [9.17, 15) is 13.5 Å². The molecule has 0 radical (unpaired) electrons. The summed E-state index contributed by atoms with van der Waals surface area (Å²) in [4.78, 5) is -0.377. The average Bonchev–Trinajstić information content (AvgIpc) is 2.39. The quantitative estimate of drug-likeness (QED) is 0.454. The summed E-state index contributed by atoms with van der Waals surface area (Å²) in [6, 6.07) is 10.4. The Bertz CT molecular complexity index is 788. The van der Waals surface area contributed by atoms with E-state index in [0.29, 0.717) is 11.3 Å². The van der Waals surface area contributed by atoms with Gasteiger partial charge in [-0.2, -0.15) is 18.6 Å². The number of nitrogens with zero attached hydrogens (tertiary/aromatic N) is 2. The van der Waals surface area contributed by atoms with Gasteiger partial charge in [0.1, 0.15) is 16.3 Å². The van der Waals surface area contributed by atoms with Crippen LogP contribution in [0.3, 0.4) is 0 Å². The normalized spacial score (nSPS) is 11.9. The molecular formula is C13H13N3O4S. The topological polar surface area (TPSA) is 125 Å². The average molecular weight is 307 g/mol. The first-order valence-electron chi connectivity index (χ1n) is 5.89. The van der Waals surface area contributed by atoms with Crippen molar-refractivity contribution in [2.75, 3.05) is 5.73 Å². The van der Waals surface area contributed by atoms with E-state index in [-0.39, 0.29) is 22.9 Å². The molecule has 7 nitrogen and oxygen atoms in total. The van der Waals surface area contributed by atoms with Gasteiger partial charge in [-0.1, -0.05) is 18.2 Å².